The molecule has 23 heavy (non-hydrogen) atoms. The predicted octanol–water partition coefficient (Wildman–Crippen LogP) is 3.02. The van der Waals surface area contributed by atoms with Crippen molar-refractivity contribution in [2.24, 2.45) is 5.73 Å². The lowest BCUT2D eigenvalue weighted by atomic mass is 9.95. The van der Waals surface area contributed by atoms with Gasteiger partial charge in [-0.2, -0.15) is 0 Å². The smallest absolute Gasteiger partial charge is 0.322 e. The summed E-state index contributed by atoms with van der Waals surface area (Å²) in [6.07, 6.45) is 0.287. The third kappa shape index (κ3) is 4.07. The summed E-state index contributed by atoms with van der Waals surface area (Å²) >= 11 is 4.11. The lowest BCUT2D eigenvalue weighted by molar-refractivity contribution is -0.142. The number of benzene rings is 2. The largest absolute Gasteiger partial charge is 0.508 e. The quantitative estimate of drug-likeness (QED) is 0.411. The standard InChI is InChI=1S/C16H15I2NO4/c1-23-16(22)12(19)7-9-6-11(17)15(21)14(18)13(9)8-2-4-10(20)5-3-8/h2-6,12,20-21H,7,19H2,1H3/t12-/m0/s1. The van der Waals surface area contributed by atoms with E-state index in [1.165, 1.54) is 7.11 Å². The molecule has 2 rings (SSSR count). The van der Waals surface area contributed by atoms with E-state index in [-0.39, 0.29) is 17.9 Å². The molecule has 0 aromatic heterocycles. The maximum absolute atomic E-state index is 11.6. The van der Waals surface area contributed by atoms with Crippen molar-refractivity contribution in [2.45, 2.75) is 12.5 Å². The number of phenolic OH excluding ortho intramolecular Hbond substituents is 2. The molecular weight excluding hydrogens is 524 g/mol. The summed E-state index contributed by atoms with van der Waals surface area (Å²) in [7, 11) is 1.30. The molecular formula is C16H15I2NO4. The Bertz CT molecular complexity index is 732. The zero-order valence-corrected chi connectivity index (χ0v) is 16.5. The van der Waals surface area contributed by atoms with Crippen LogP contribution in [-0.2, 0) is 16.0 Å². The zero-order valence-electron chi connectivity index (χ0n) is 12.2. The fourth-order valence-corrected chi connectivity index (χ4v) is 4.34. The van der Waals surface area contributed by atoms with Crippen molar-refractivity contribution in [3.8, 4) is 22.6 Å². The second-order valence-corrected chi connectivity index (χ2v) is 7.18. The molecule has 0 spiro atoms. The van der Waals surface area contributed by atoms with E-state index in [1.54, 1.807) is 24.3 Å². The van der Waals surface area contributed by atoms with Crippen molar-refractivity contribution in [1.29, 1.82) is 0 Å². The van der Waals surface area contributed by atoms with Gasteiger partial charge in [0.25, 0.3) is 0 Å². The lowest BCUT2D eigenvalue weighted by Gasteiger charge is -2.17. The molecule has 5 nitrogen and oxygen atoms in total. The molecule has 0 amide bonds. The minimum absolute atomic E-state index is 0.159. The molecule has 0 aliphatic heterocycles. The number of phenols is 2. The van der Waals surface area contributed by atoms with Gasteiger partial charge in [0.2, 0.25) is 0 Å². The van der Waals surface area contributed by atoms with E-state index in [4.69, 9.17) is 5.73 Å². The number of nitrogens with two attached hydrogens (primary N) is 1. The Morgan fingerprint density at radius 3 is 2.43 bits per heavy atom. The van der Waals surface area contributed by atoms with Gasteiger partial charge in [-0.05, 0) is 80.9 Å². The summed E-state index contributed by atoms with van der Waals surface area (Å²) < 4.78 is 6.04. The molecule has 0 saturated carbocycles. The molecule has 0 radical (unpaired) electrons. The van der Waals surface area contributed by atoms with Crippen molar-refractivity contribution < 1.29 is 19.7 Å². The summed E-state index contributed by atoms with van der Waals surface area (Å²) in [5.41, 5.74) is 8.34. The van der Waals surface area contributed by atoms with Crippen LogP contribution in [0.1, 0.15) is 5.56 Å². The van der Waals surface area contributed by atoms with Crippen molar-refractivity contribution in [3.05, 3.63) is 43.0 Å². The van der Waals surface area contributed by atoms with E-state index in [0.29, 0.717) is 7.14 Å². The van der Waals surface area contributed by atoms with Crippen LogP contribution in [0.15, 0.2) is 30.3 Å². The lowest BCUT2D eigenvalue weighted by Crippen LogP contribution is -2.33. The molecule has 0 saturated heterocycles. The van der Waals surface area contributed by atoms with Crippen LogP contribution in [0.2, 0.25) is 0 Å². The first kappa shape index (κ1) is 18.3. The van der Waals surface area contributed by atoms with E-state index >= 15 is 0 Å². The fraction of sp³-hybridized carbons (Fsp3) is 0.188. The topological polar surface area (TPSA) is 92.8 Å². The third-order valence-electron chi connectivity index (χ3n) is 3.38. The van der Waals surface area contributed by atoms with Crippen LogP contribution < -0.4 is 5.73 Å². The van der Waals surface area contributed by atoms with Crippen LogP contribution in [0.5, 0.6) is 11.5 Å². The normalized spacial score (nSPS) is 12.0. The first-order chi connectivity index (χ1) is 10.8. The molecule has 0 aliphatic carbocycles. The van der Waals surface area contributed by atoms with Crippen LogP contribution in [0.3, 0.4) is 0 Å². The van der Waals surface area contributed by atoms with Gasteiger partial charge in [-0.15, -0.1) is 0 Å². The minimum atomic E-state index is -0.785. The molecule has 2 aromatic rings. The highest BCUT2D eigenvalue weighted by Crippen LogP contribution is 2.38. The van der Waals surface area contributed by atoms with Gasteiger partial charge in [0.15, 0.2) is 0 Å². The first-order valence-electron chi connectivity index (χ1n) is 6.67. The molecule has 2 aromatic carbocycles. The number of esters is 1. The number of ether oxygens (including phenoxy) is 1. The highest BCUT2D eigenvalue weighted by molar-refractivity contribution is 14.1. The van der Waals surface area contributed by atoms with Crippen molar-refractivity contribution in [3.63, 3.8) is 0 Å². The predicted molar refractivity (Wildman–Crippen MR) is 104 cm³/mol. The molecule has 0 fully saturated rings. The second-order valence-electron chi connectivity index (χ2n) is 4.94. The van der Waals surface area contributed by atoms with E-state index in [0.717, 1.165) is 16.7 Å². The number of halogens is 2. The molecule has 4 N–H and O–H groups in total. The molecule has 122 valence electrons. The summed E-state index contributed by atoms with van der Waals surface area (Å²) in [5.74, 6) is -0.143. The van der Waals surface area contributed by atoms with E-state index in [9.17, 15) is 15.0 Å². The van der Waals surface area contributed by atoms with Crippen LogP contribution in [0.4, 0.5) is 0 Å². The molecule has 0 bridgehead atoms. The Kier molecular flexibility index (Phi) is 6.09. The number of aromatic hydroxyl groups is 2. The Labute approximate surface area is 161 Å². The molecule has 0 unspecified atom stereocenters. The minimum Gasteiger partial charge on any atom is -0.508 e. The van der Waals surface area contributed by atoms with Crippen LogP contribution in [0.25, 0.3) is 11.1 Å². The Hall–Kier alpha value is -1.07. The number of hydrogen-bond donors (Lipinski definition) is 3. The number of hydrogen-bond acceptors (Lipinski definition) is 5. The second kappa shape index (κ2) is 7.67. The molecule has 0 heterocycles. The van der Waals surface area contributed by atoms with Gasteiger partial charge in [0.1, 0.15) is 17.5 Å². The SMILES string of the molecule is COC(=O)[C@@H](N)Cc1cc(I)c(O)c(I)c1-c1ccc(O)cc1. The van der Waals surface area contributed by atoms with Gasteiger partial charge in [0.05, 0.1) is 14.3 Å². The molecule has 1 atom stereocenters. The maximum Gasteiger partial charge on any atom is 0.322 e. The van der Waals surface area contributed by atoms with Gasteiger partial charge >= 0.3 is 5.97 Å². The number of rotatable bonds is 4. The summed E-state index contributed by atoms with van der Waals surface area (Å²) in [6.45, 7) is 0. The molecule has 0 aliphatic rings. The zero-order chi connectivity index (χ0) is 17.1. The van der Waals surface area contributed by atoms with E-state index in [1.807, 2.05) is 28.7 Å². The first-order valence-corrected chi connectivity index (χ1v) is 8.83. The van der Waals surface area contributed by atoms with Gasteiger partial charge in [-0.25, -0.2) is 0 Å². The van der Waals surface area contributed by atoms with Gasteiger partial charge in [-0.1, -0.05) is 12.1 Å². The van der Waals surface area contributed by atoms with E-state index < -0.39 is 12.0 Å². The third-order valence-corrected chi connectivity index (χ3v) is 5.25. The maximum atomic E-state index is 11.6. The average Bonchev–Trinajstić information content (AvgIpc) is 2.53. The Morgan fingerprint density at radius 2 is 1.87 bits per heavy atom. The highest BCUT2D eigenvalue weighted by atomic mass is 127. The average molecular weight is 539 g/mol. The molecule has 7 heteroatoms. The number of carbonyl (C=O) groups is 1. The van der Waals surface area contributed by atoms with Gasteiger partial charge in [-0.3, -0.25) is 4.79 Å². The summed E-state index contributed by atoms with van der Waals surface area (Å²) in [4.78, 5) is 11.6. The van der Waals surface area contributed by atoms with Gasteiger partial charge in [0, 0.05) is 5.56 Å². The van der Waals surface area contributed by atoms with Crippen molar-refractivity contribution in [2.75, 3.05) is 7.11 Å². The van der Waals surface area contributed by atoms with Crippen LogP contribution in [-0.4, -0.2) is 29.3 Å². The van der Waals surface area contributed by atoms with Gasteiger partial charge < -0.3 is 20.7 Å². The van der Waals surface area contributed by atoms with E-state index in [2.05, 4.69) is 27.3 Å². The van der Waals surface area contributed by atoms with Crippen molar-refractivity contribution >= 4 is 51.2 Å². The number of methoxy groups -OCH3 is 1. The van der Waals surface area contributed by atoms with Crippen LogP contribution in [0, 0.1) is 7.14 Å². The van der Waals surface area contributed by atoms with Crippen LogP contribution >= 0.6 is 45.2 Å². The Morgan fingerprint density at radius 1 is 1.26 bits per heavy atom. The number of carbonyl (C=O) groups excluding carboxylic acids is 1. The summed E-state index contributed by atoms with van der Waals surface area (Å²) in [5, 5.41) is 19.7. The summed E-state index contributed by atoms with van der Waals surface area (Å²) in [6, 6.07) is 7.68. The fourth-order valence-electron chi connectivity index (χ4n) is 2.23. The highest BCUT2D eigenvalue weighted by Gasteiger charge is 2.21. The monoisotopic (exact) mass is 539 g/mol. The van der Waals surface area contributed by atoms with Crippen molar-refractivity contribution in [1.82, 2.24) is 0 Å². The Balaban J connectivity index is 2.56.